The van der Waals surface area contributed by atoms with Gasteiger partial charge in [-0.25, -0.2) is 0 Å². The lowest BCUT2D eigenvalue weighted by atomic mass is 10.2. The zero-order chi connectivity index (χ0) is 13.7. The first kappa shape index (κ1) is 13.0. The van der Waals surface area contributed by atoms with Gasteiger partial charge >= 0.3 is 0 Å². The Kier molecular flexibility index (Phi) is 4.07. The van der Waals surface area contributed by atoms with Gasteiger partial charge in [-0.1, -0.05) is 0 Å². The Morgan fingerprint density at radius 2 is 2.21 bits per heavy atom. The zero-order valence-electron chi connectivity index (χ0n) is 10.9. The molecule has 5 heteroatoms. The largest absolute Gasteiger partial charge is 0.495 e. The molecular weight excluding hydrogens is 244 g/mol. The number of amides is 1. The Labute approximate surface area is 111 Å². The molecule has 2 aromatic rings. The molecule has 1 aromatic carbocycles. The summed E-state index contributed by atoms with van der Waals surface area (Å²) in [6, 6.07) is 7.32. The summed E-state index contributed by atoms with van der Waals surface area (Å²) in [5.41, 5.74) is 2.57. The van der Waals surface area contributed by atoms with E-state index in [2.05, 4.69) is 10.6 Å². The van der Waals surface area contributed by atoms with Crippen molar-refractivity contribution in [2.24, 2.45) is 0 Å². The average molecular weight is 260 g/mol. The van der Waals surface area contributed by atoms with E-state index < -0.39 is 0 Å². The normalized spacial score (nSPS) is 10.0. The molecule has 2 N–H and O–H groups in total. The van der Waals surface area contributed by atoms with Crippen LogP contribution in [0.4, 0.5) is 11.4 Å². The average Bonchev–Trinajstić information content (AvgIpc) is 2.89. The van der Waals surface area contributed by atoms with Crippen molar-refractivity contribution in [2.75, 3.05) is 17.7 Å². The van der Waals surface area contributed by atoms with Crippen molar-refractivity contribution in [2.45, 2.75) is 13.5 Å². The van der Waals surface area contributed by atoms with Crippen LogP contribution in [0.15, 0.2) is 41.2 Å². The summed E-state index contributed by atoms with van der Waals surface area (Å²) in [5.74, 6) is 0.614. The van der Waals surface area contributed by atoms with Crippen LogP contribution in [0.5, 0.6) is 5.75 Å². The van der Waals surface area contributed by atoms with Gasteiger partial charge in [0.15, 0.2) is 0 Å². The van der Waals surface area contributed by atoms with Crippen LogP contribution in [0.1, 0.15) is 12.5 Å². The van der Waals surface area contributed by atoms with Gasteiger partial charge in [0, 0.05) is 24.7 Å². The predicted molar refractivity (Wildman–Crippen MR) is 73.3 cm³/mol. The molecule has 0 aliphatic heterocycles. The number of nitrogens with one attached hydrogen (secondary N) is 2. The summed E-state index contributed by atoms with van der Waals surface area (Å²) in [4.78, 5) is 11.0. The topological polar surface area (TPSA) is 63.5 Å². The highest BCUT2D eigenvalue weighted by atomic mass is 16.5. The van der Waals surface area contributed by atoms with Gasteiger partial charge < -0.3 is 19.8 Å². The fourth-order valence-corrected chi connectivity index (χ4v) is 1.72. The third kappa shape index (κ3) is 3.51. The van der Waals surface area contributed by atoms with E-state index in [1.54, 1.807) is 25.7 Å². The van der Waals surface area contributed by atoms with Gasteiger partial charge in [-0.3, -0.25) is 4.79 Å². The highest BCUT2D eigenvalue weighted by molar-refractivity contribution is 5.89. The molecule has 1 heterocycles. The van der Waals surface area contributed by atoms with E-state index in [0.717, 1.165) is 22.7 Å². The van der Waals surface area contributed by atoms with E-state index in [-0.39, 0.29) is 5.91 Å². The van der Waals surface area contributed by atoms with Crippen molar-refractivity contribution in [1.29, 1.82) is 0 Å². The Balaban J connectivity index is 2.13. The summed E-state index contributed by atoms with van der Waals surface area (Å²) < 4.78 is 10.3. The highest BCUT2D eigenvalue weighted by Gasteiger charge is 2.05. The van der Waals surface area contributed by atoms with Gasteiger partial charge in [0.2, 0.25) is 5.91 Å². The molecule has 0 atom stereocenters. The van der Waals surface area contributed by atoms with Crippen LogP contribution >= 0.6 is 0 Å². The fourth-order valence-electron chi connectivity index (χ4n) is 1.72. The third-order valence-corrected chi connectivity index (χ3v) is 2.58. The summed E-state index contributed by atoms with van der Waals surface area (Å²) in [5, 5.41) is 5.98. The van der Waals surface area contributed by atoms with E-state index in [4.69, 9.17) is 9.15 Å². The number of rotatable bonds is 5. The van der Waals surface area contributed by atoms with E-state index in [9.17, 15) is 4.79 Å². The quantitative estimate of drug-likeness (QED) is 0.867. The second-order valence-corrected chi connectivity index (χ2v) is 4.08. The lowest BCUT2D eigenvalue weighted by molar-refractivity contribution is -0.114. The Morgan fingerprint density at radius 3 is 2.84 bits per heavy atom. The summed E-state index contributed by atoms with van der Waals surface area (Å²) in [6.07, 6.45) is 3.30. The molecule has 1 aromatic heterocycles. The number of ether oxygens (including phenoxy) is 1. The summed E-state index contributed by atoms with van der Waals surface area (Å²) in [6.45, 7) is 2.10. The second-order valence-electron chi connectivity index (χ2n) is 4.08. The maximum atomic E-state index is 11.0. The zero-order valence-corrected chi connectivity index (χ0v) is 10.9. The molecule has 5 nitrogen and oxygen atoms in total. The number of carbonyl (C=O) groups excluding carboxylic acids is 1. The molecule has 0 unspecified atom stereocenters. The van der Waals surface area contributed by atoms with Crippen LogP contribution in [-0.4, -0.2) is 13.0 Å². The summed E-state index contributed by atoms with van der Waals surface area (Å²) >= 11 is 0. The van der Waals surface area contributed by atoms with Crippen molar-refractivity contribution in [3.8, 4) is 5.75 Å². The number of benzene rings is 1. The predicted octanol–water partition coefficient (Wildman–Crippen LogP) is 2.86. The summed E-state index contributed by atoms with van der Waals surface area (Å²) in [7, 11) is 1.61. The number of anilines is 2. The second kappa shape index (κ2) is 5.95. The molecule has 0 saturated heterocycles. The maximum Gasteiger partial charge on any atom is 0.221 e. The standard InChI is InChI=1S/C14H16N2O3/c1-10(17)16-12-3-4-14(18-2)13(7-12)15-8-11-5-6-19-9-11/h3-7,9,15H,8H2,1-2H3,(H,16,17). The molecule has 0 saturated carbocycles. The van der Waals surface area contributed by atoms with Crippen LogP contribution in [0.3, 0.4) is 0 Å². The minimum Gasteiger partial charge on any atom is -0.495 e. The smallest absolute Gasteiger partial charge is 0.221 e. The van der Waals surface area contributed by atoms with Crippen molar-refractivity contribution >= 4 is 17.3 Å². The molecule has 0 bridgehead atoms. The van der Waals surface area contributed by atoms with Crippen LogP contribution in [-0.2, 0) is 11.3 Å². The minimum atomic E-state index is -0.106. The number of hydrogen-bond acceptors (Lipinski definition) is 4. The molecule has 100 valence electrons. The van der Waals surface area contributed by atoms with Crippen LogP contribution < -0.4 is 15.4 Å². The van der Waals surface area contributed by atoms with Crippen molar-refractivity contribution in [3.05, 3.63) is 42.4 Å². The molecule has 0 aliphatic carbocycles. The SMILES string of the molecule is COc1ccc(NC(C)=O)cc1NCc1ccoc1. The Hall–Kier alpha value is -2.43. The van der Waals surface area contributed by atoms with Gasteiger partial charge in [-0.2, -0.15) is 0 Å². The van der Waals surface area contributed by atoms with Crippen molar-refractivity contribution < 1.29 is 13.9 Å². The van der Waals surface area contributed by atoms with E-state index >= 15 is 0 Å². The van der Waals surface area contributed by atoms with E-state index in [1.165, 1.54) is 6.92 Å². The van der Waals surface area contributed by atoms with Gasteiger partial charge in [0.05, 0.1) is 25.3 Å². The first-order chi connectivity index (χ1) is 9.19. The van der Waals surface area contributed by atoms with Crippen LogP contribution in [0, 0.1) is 0 Å². The molecule has 0 aliphatic rings. The molecule has 2 rings (SSSR count). The van der Waals surface area contributed by atoms with E-state index in [1.807, 2.05) is 18.2 Å². The first-order valence-corrected chi connectivity index (χ1v) is 5.89. The van der Waals surface area contributed by atoms with Gasteiger partial charge in [-0.05, 0) is 24.3 Å². The minimum absolute atomic E-state index is 0.106. The Morgan fingerprint density at radius 1 is 1.37 bits per heavy atom. The van der Waals surface area contributed by atoms with Crippen molar-refractivity contribution in [1.82, 2.24) is 0 Å². The fraction of sp³-hybridized carbons (Fsp3) is 0.214. The Bertz CT molecular complexity index is 550. The first-order valence-electron chi connectivity index (χ1n) is 5.89. The molecule has 1 amide bonds. The van der Waals surface area contributed by atoms with E-state index in [0.29, 0.717) is 6.54 Å². The van der Waals surface area contributed by atoms with Crippen LogP contribution in [0.25, 0.3) is 0 Å². The molecule has 0 radical (unpaired) electrons. The number of carbonyl (C=O) groups is 1. The number of hydrogen-bond donors (Lipinski definition) is 2. The molecule has 0 fully saturated rings. The highest BCUT2D eigenvalue weighted by Crippen LogP contribution is 2.28. The van der Waals surface area contributed by atoms with Gasteiger partial charge in [0.1, 0.15) is 5.75 Å². The number of furan rings is 1. The monoisotopic (exact) mass is 260 g/mol. The third-order valence-electron chi connectivity index (χ3n) is 2.58. The van der Waals surface area contributed by atoms with Gasteiger partial charge in [-0.15, -0.1) is 0 Å². The maximum absolute atomic E-state index is 11.0. The van der Waals surface area contributed by atoms with Gasteiger partial charge in [0.25, 0.3) is 0 Å². The number of methoxy groups -OCH3 is 1. The lowest BCUT2D eigenvalue weighted by Gasteiger charge is -2.12. The molecule has 0 spiro atoms. The molecule has 19 heavy (non-hydrogen) atoms. The lowest BCUT2D eigenvalue weighted by Crippen LogP contribution is -2.07. The molecular formula is C14H16N2O3. The van der Waals surface area contributed by atoms with Crippen LogP contribution in [0.2, 0.25) is 0 Å². The van der Waals surface area contributed by atoms with Crippen molar-refractivity contribution in [3.63, 3.8) is 0 Å².